The second-order valence-corrected chi connectivity index (χ2v) is 8.67. The number of rotatable bonds is 6. The van der Waals surface area contributed by atoms with E-state index in [0.717, 1.165) is 73.8 Å². The minimum atomic E-state index is 0.136. The molecule has 0 N–H and O–H groups in total. The van der Waals surface area contributed by atoms with Crippen molar-refractivity contribution in [1.82, 2.24) is 29.6 Å². The topological polar surface area (TPSA) is 80.0 Å². The highest BCUT2D eigenvalue weighted by Gasteiger charge is 2.39. The number of aromatic nitrogens is 5. The number of piperidine rings is 1. The van der Waals surface area contributed by atoms with Crippen molar-refractivity contribution in [3.05, 3.63) is 59.9 Å². The number of carbonyl (C=O) groups excluding carboxylic acids is 1. The van der Waals surface area contributed by atoms with Crippen LogP contribution >= 0.6 is 0 Å². The first-order valence-corrected chi connectivity index (χ1v) is 11.5. The van der Waals surface area contributed by atoms with Gasteiger partial charge in [0.1, 0.15) is 12.2 Å². The van der Waals surface area contributed by atoms with Crippen molar-refractivity contribution in [2.75, 3.05) is 18.0 Å². The largest absolute Gasteiger partial charge is 0.341 e. The third-order valence-corrected chi connectivity index (χ3v) is 6.49. The van der Waals surface area contributed by atoms with Crippen LogP contribution in [-0.2, 0) is 6.42 Å². The van der Waals surface area contributed by atoms with Crippen LogP contribution in [0, 0.1) is 6.92 Å². The van der Waals surface area contributed by atoms with E-state index in [1.807, 2.05) is 43.6 Å². The van der Waals surface area contributed by atoms with E-state index in [9.17, 15) is 4.79 Å². The fourth-order valence-electron chi connectivity index (χ4n) is 4.47. The van der Waals surface area contributed by atoms with Gasteiger partial charge in [-0.15, -0.1) is 0 Å². The van der Waals surface area contributed by atoms with Crippen molar-refractivity contribution in [2.24, 2.45) is 0 Å². The maximum absolute atomic E-state index is 13.5. The molecule has 1 aromatic carbocycles. The van der Waals surface area contributed by atoms with Gasteiger partial charge in [0.2, 0.25) is 5.95 Å². The van der Waals surface area contributed by atoms with Crippen molar-refractivity contribution >= 4 is 11.9 Å². The Morgan fingerprint density at radius 3 is 2.22 bits per heavy atom. The van der Waals surface area contributed by atoms with Gasteiger partial charge in [-0.05, 0) is 68.9 Å². The number of aryl methyl sites for hydroxylation is 2. The molecule has 0 spiro atoms. The van der Waals surface area contributed by atoms with Crippen LogP contribution in [-0.4, -0.2) is 60.7 Å². The molecule has 0 unspecified atom stereocenters. The lowest BCUT2D eigenvalue weighted by atomic mass is 10.0. The zero-order valence-electron chi connectivity index (χ0n) is 18.7. The van der Waals surface area contributed by atoms with Gasteiger partial charge in [0.05, 0.1) is 5.69 Å². The monoisotopic (exact) mass is 431 g/mol. The fourth-order valence-corrected chi connectivity index (χ4v) is 4.47. The van der Waals surface area contributed by atoms with Gasteiger partial charge in [0, 0.05) is 43.1 Å². The number of amides is 1. The summed E-state index contributed by atoms with van der Waals surface area (Å²) in [5.41, 5.74) is 2.80. The molecule has 3 aromatic rings. The van der Waals surface area contributed by atoms with Crippen molar-refractivity contribution in [3.63, 3.8) is 0 Å². The average molecular weight is 432 g/mol. The molecule has 1 aliphatic heterocycles. The summed E-state index contributed by atoms with van der Waals surface area (Å²) in [4.78, 5) is 31.1. The average Bonchev–Trinajstić information content (AvgIpc) is 3.58. The number of anilines is 1. The molecule has 8 nitrogen and oxygen atoms in total. The van der Waals surface area contributed by atoms with E-state index in [2.05, 4.69) is 36.8 Å². The minimum absolute atomic E-state index is 0.136. The van der Waals surface area contributed by atoms with Gasteiger partial charge in [-0.1, -0.05) is 6.92 Å². The Morgan fingerprint density at radius 1 is 1.00 bits per heavy atom. The highest BCUT2D eigenvalue weighted by Crippen LogP contribution is 2.33. The summed E-state index contributed by atoms with van der Waals surface area (Å²) >= 11 is 0. The molecule has 1 saturated carbocycles. The van der Waals surface area contributed by atoms with Crippen LogP contribution < -0.4 is 4.90 Å². The molecule has 1 saturated heterocycles. The Kier molecular flexibility index (Phi) is 5.59. The molecule has 5 rings (SSSR count). The molecule has 8 heteroatoms. The second-order valence-electron chi connectivity index (χ2n) is 8.67. The molecule has 0 atom stereocenters. The molecule has 2 aromatic heterocycles. The summed E-state index contributed by atoms with van der Waals surface area (Å²) < 4.78 is 1.78. The lowest BCUT2D eigenvalue weighted by molar-refractivity contribution is 0.0630. The third kappa shape index (κ3) is 4.09. The second kappa shape index (κ2) is 8.68. The zero-order chi connectivity index (χ0) is 22.1. The van der Waals surface area contributed by atoms with E-state index in [4.69, 9.17) is 0 Å². The number of carbonyl (C=O) groups is 1. The van der Waals surface area contributed by atoms with E-state index in [1.165, 1.54) is 0 Å². The van der Waals surface area contributed by atoms with Crippen LogP contribution in [0.15, 0.2) is 43.0 Å². The molecule has 32 heavy (non-hydrogen) atoms. The lowest BCUT2D eigenvalue weighted by Crippen LogP contribution is -2.48. The Bertz CT molecular complexity index is 1060. The summed E-state index contributed by atoms with van der Waals surface area (Å²) in [6.07, 6.45) is 10.4. The molecule has 166 valence electrons. The highest BCUT2D eigenvalue weighted by molar-refractivity contribution is 5.95. The number of hydrogen-bond acceptors (Lipinski definition) is 6. The van der Waals surface area contributed by atoms with Crippen LogP contribution in [0.1, 0.15) is 54.4 Å². The van der Waals surface area contributed by atoms with Gasteiger partial charge in [-0.3, -0.25) is 4.79 Å². The van der Waals surface area contributed by atoms with Gasteiger partial charge >= 0.3 is 0 Å². The molecule has 2 aliphatic rings. The molecule has 3 heterocycles. The van der Waals surface area contributed by atoms with Crippen LogP contribution in [0.4, 0.5) is 5.95 Å². The lowest BCUT2D eigenvalue weighted by Gasteiger charge is -2.39. The van der Waals surface area contributed by atoms with Crippen molar-refractivity contribution in [1.29, 1.82) is 0 Å². The van der Waals surface area contributed by atoms with E-state index < -0.39 is 0 Å². The van der Waals surface area contributed by atoms with Gasteiger partial charge in [0.15, 0.2) is 0 Å². The number of nitrogens with zero attached hydrogens (tertiary/aromatic N) is 7. The Hall–Kier alpha value is -3.29. The summed E-state index contributed by atoms with van der Waals surface area (Å²) in [7, 11) is 0. The standard InChI is InChI=1S/C24H29N7O/c1-3-18-14-25-24(26-15-18)29-12-10-21(11-13-29)30(20-8-9-20)23(32)19-4-6-22(7-5-19)31-17(2)27-16-28-31/h4-7,14-16,20-21H,3,8-13H2,1-2H3. The van der Waals surface area contributed by atoms with Gasteiger partial charge in [0.25, 0.3) is 5.91 Å². The predicted molar refractivity (Wildman–Crippen MR) is 122 cm³/mol. The normalized spacial score (nSPS) is 16.9. The Labute approximate surface area is 188 Å². The van der Waals surface area contributed by atoms with E-state index >= 15 is 0 Å². The van der Waals surface area contributed by atoms with Gasteiger partial charge < -0.3 is 9.80 Å². The molecular formula is C24H29N7O. The zero-order valence-corrected chi connectivity index (χ0v) is 18.7. The van der Waals surface area contributed by atoms with Gasteiger partial charge in [-0.2, -0.15) is 5.10 Å². The first-order chi connectivity index (χ1) is 15.6. The van der Waals surface area contributed by atoms with Crippen molar-refractivity contribution < 1.29 is 4.79 Å². The Morgan fingerprint density at radius 2 is 1.66 bits per heavy atom. The third-order valence-electron chi connectivity index (χ3n) is 6.49. The maximum Gasteiger partial charge on any atom is 0.254 e. The van der Waals surface area contributed by atoms with Gasteiger partial charge in [-0.25, -0.2) is 19.6 Å². The highest BCUT2D eigenvalue weighted by atomic mass is 16.2. The van der Waals surface area contributed by atoms with Crippen molar-refractivity contribution in [2.45, 2.75) is 58.0 Å². The minimum Gasteiger partial charge on any atom is -0.341 e. The first-order valence-electron chi connectivity index (χ1n) is 11.5. The van der Waals surface area contributed by atoms with Crippen LogP contribution in [0.2, 0.25) is 0 Å². The molecular weight excluding hydrogens is 402 g/mol. The van der Waals surface area contributed by atoms with E-state index in [1.54, 1.807) is 11.0 Å². The van der Waals surface area contributed by atoms with E-state index in [-0.39, 0.29) is 11.9 Å². The predicted octanol–water partition coefficient (Wildman–Crippen LogP) is 3.20. The number of hydrogen-bond donors (Lipinski definition) is 0. The summed E-state index contributed by atoms with van der Waals surface area (Å²) in [5.74, 6) is 1.75. The first kappa shape index (κ1) is 20.6. The van der Waals surface area contributed by atoms with Crippen LogP contribution in [0.3, 0.4) is 0 Å². The SMILES string of the molecule is CCc1cnc(N2CCC(N(C(=O)c3ccc(-n4ncnc4C)cc3)C3CC3)CC2)nc1. The quantitative estimate of drug-likeness (QED) is 0.596. The maximum atomic E-state index is 13.5. The Balaban J connectivity index is 1.27. The van der Waals surface area contributed by atoms with Crippen molar-refractivity contribution in [3.8, 4) is 5.69 Å². The van der Waals surface area contributed by atoms with Crippen LogP contribution in [0.25, 0.3) is 5.69 Å². The molecule has 1 aliphatic carbocycles. The number of benzene rings is 1. The molecule has 1 amide bonds. The molecule has 0 radical (unpaired) electrons. The molecule has 0 bridgehead atoms. The fraction of sp³-hybridized carbons (Fsp3) is 0.458. The summed E-state index contributed by atoms with van der Waals surface area (Å²) in [5, 5.41) is 4.24. The van der Waals surface area contributed by atoms with Crippen LogP contribution in [0.5, 0.6) is 0 Å². The smallest absolute Gasteiger partial charge is 0.254 e. The van der Waals surface area contributed by atoms with E-state index in [0.29, 0.717) is 6.04 Å². The summed E-state index contributed by atoms with van der Waals surface area (Å²) in [6, 6.07) is 8.34. The summed E-state index contributed by atoms with van der Waals surface area (Å²) in [6.45, 7) is 5.77. The molecule has 2 fully saturated rings.